The summed E-state index contributed by atoms with van der Waals surface area (Å²) in [6.45, 7) is 4.83. The van der Waals surface area contributed by atoms with E-state index in [1.165, 1.54) is 0 Å². The molecule has 0 aliphatic heterocycles. The van der Waals surface area contributed by atoms with Gasteiger partial charge in [0.2, 0.25) is 0 Å². The van der Waals surface area contributed by atoms with Crippen LogP contribution in [0.2, 0.25) is 0 Å². The van der Waals surface area contributed by atoms with Gasteiger partial charge in [-0.1, -0.05) is 38.1 Å². The number of rotatable bonds is 7. The first-order valence-corrected chi connectivity index (χ1v) is 8.31. The molecule has 0 aromatic heterocycles. The summed E-state index contributed by atoms with van der Waals surface area (Å²) in [5, 5.41) is 0. The lowest BCUT2D eigenvalue weighted by Crippen LogP contribution is -2.34. The molecule has 0 aliphatic carbocycles. The lowest BCUT2D eigenvalue weighted by atomic mass is 10.0. The zero-order valence-electron chi connectivity index (χ0n) is 14.6. The molecule has 2 N–H and O–H groups in total. The van der Waals surface area contributed by atoms with Crippen LogP contribution in [0.5, 0.6) is 11.5 Å². The van der Waals surface area contributed by atoms with Gasteiger partial charge in [0, 0.05) is 25.2 Å². The fourth-order valence-corrected chi connectivity index (χ4v) is 2.32. The van der Waals surface area contributed by atoms with E-state index in [2.05, 4.69) is 13.8 Å². The Morgan fingerprint density at radius 3 is 2.42 bits per heavy atom. The second-order valence-electron chi connectivity index (χ2n) is 6.37. The molecule has 1 unspecified atom stereocenters. The highest BCUT2D eigenvalue weighted by Gasteiger charge is 2.15. The van der Waals surface area contributed by atoms with Gasteiger partial charge in [-0.2, -0.15) is 0 Å². The fraction of sp³-hybridized carbons (Fsp3) is 0.350. The molecular weight excluding hydrogens is 300 g/mol. The number of ether oxygens (including phenoxy) is 1. The highest BCUT2D eigenvalue weighted by atomic mass is 16.5. The maximum Gasteiger partial charge on any atom is 0.253 e. The second-order valence-corrected chi connectivity index (χ2v) is 6.37. The molecule has 2 aromatic rings. The number of benzene rings is 2. The van der Waals surface area contributed by atoms with Crippen molar-refractivity contribution < 1.29 is 9.53 Å². The normalized spacial score (nSPS) is 12.0. The highest BCUT2D eigenvalue weighted by molar-refractivity contribution is 5.94. The number of nitrogens with two attached hydrogens (primary N) is 1. The number of para-hydroxylation sites is 1. The molecule has 24 heavy (non-hydrogen) atoms. The van der Waals surface area contributed by atoms with E-state index in [0.29, 0.717) is 23.8 Å². The number of nitrogens with zero attached hydrogens (tertiary/aromatic N) is 1. The van der Waals surface area contributed by atoms with Gasteiger partial charge in [-0.05, 0) is 42.7 Å². The molecule has 0 saturated carbocycles. The van der Waals surface area contributed by atoms with Crippen LogP contribution in [0.25, 0.3) is 0 Å². The third-order valence-electron chi connectivity index (χ3n) is 4.06. The first kappa shape index (κ1) is 18.0. The minimum Gasteiger partial charge on any atom is -0.457 e. The topological polar surface area (TPSA) is 55.6 Å². The smallest absolute Gasteiger partial charge is 0.253 e. The molecule has 2 aromatic carbocycles. The summed E-state index contributed by atoms with van der Waals surface area (Å²) < 4.78 is 5.79. The summed E-state index contributed by atoms with van der Waals surface area (Å²) in [5.41, 5.74) is 6.67. The molecule has 0 fully saturated rings. The Labute approximate surface area is 144 Å². The van der Waals surface area contributed by atoms with Crippen LogP contribution < -0.4 is 10.5 Å². The van der Waals surface area contributed by atoms with Gasteiger partial charge in [-0.3, -0.25) is 4.79 Å². The average molecular weight is 326 g/mol. The van der Waals surface area contributed by atoms with E-state index in [1.807, 2.05) is 42.5 Å². The minimum atomic E-state index is -0.0236. The van der Waals surface area contributed by atoms with Gasteiger partial charge in [0.15, 0.2) is 0 Å². The fourth-order valence-electron chi connectivity index (χ4n) is 2.32. The van der Waals surface area contributed by atoms with Crippen molar-refractivity contribution in [1.29, 1.82) is 0 Å². The van der Waals surface area contributed by atoms with E-state index in [9.17, 15) is 4.79 Å². The van der Waals surface area contributed by atoms with Crippen molar-refractivity contribution in [3.05, 3.63) is 60.2 Å². The molecule has 0 bridgehead atoms. The van der Waals surface area contributed by atoms with Crippen molar-refractivity contribution in [2.45, 2.75) is 26.3 Å². The predicted octanol–water partition coefficient (Wildman–Crippen LogP) is 3.92. The molecule has 0 heterocycles. The maximum atomic E-state index is 12.6. The molecule has 1 amide bonds. The molecular formula is C20H26N2O2. The maximum absolute atomic E-state index is 12.6. The molecule has 0 saturated heterocycles. The Bertz CT molecular complexity index is 656. The summed E-state index contributed by atoms with van der Waals surface area (Å²) >= 11 is 0. The zero-order valence-corrected chi connectivity index (χ0v) is 14.6. The lowest BCUT2D eigenvalue weighted by Gasteiger charge is -2.21. The van der Waals surface area contributed by atoms with E-state index in [0.717, 1.165) is 12.2 Å². The standard InChI is InChI=1S/C20H26N2O2/c1-15(2)19(21)12-13-22(3)20(23)16-8-7-11-18(14-16)24-17-9-5-4-6-10-17/h4-11,14-15,19H,12-13,21H2,1-3H3. The van der Waals surface area contributed by atoms with E-state index in [-0.39, 0.29) is 11.9 Å². The van der Waals surface area contributed by atoms with Crippen molar-refractivity contribution >= 4 is 5.91 Å². The van der Waals surface area contributed by atoms with Gasteiger partial charge in [0.25, 0.3) is 5.91 Å². The Morgan fingerprint density at radius 2 is 1.75 bits per heavy atom. The van der Waals surface area contributed by atoms with Crippen molar-refractivity contribution in [2.75, 3.05) is 13.6 Å². The average Bonchev–Trinajstić information content (AvgIpc) is 2.59. The SMILES string of the molecule is CC(C)C(N)CCN(C)C(=O)c1cccc(Oc2ccccc2)c1. The van der Waals surface area contributed by atoms with Crippen molar-refractivity contribution in [3.63, 3.8) is 0 Å². The second kappa shape index (κ2) is 8.50. The van der Waals surface area contributed by atoms with Gasteiger partial charge in [0.1, 0.15) is 11.5 Å². The van der Waals surface area contributed by atoms with E-state index in [4.69, 9.17) is 10.5 Å². The molecule has 128 valence electrons. The first-order chi connectivity index (χ1) is 11.5. The van der Waals surface area contributed by atoms with E-state index < -0.39 is 0 Å². The lowest BCUT2D eigenvalue weighted by molar-refractivity contribution is 0.0789. The summed E-state index contributed by atoms with van der Waals surface area (Å²) in [7, 11) is 1.81. The molecule has 4 heteroatoms. The Kier molecular flexibility index (Phi) is 6.38. The van der Waals surface area contributed by atoms with Crippen LogP contribution in [0.1, 0.15) is 30.6 Å². The molecule has 1 atom stereocenters. The summed E-state index contributed by atoms with van der Waals surface area (Å²) in [6, 6.07) is 16.9. The summed E-state index contributed by atoms with van der Waals surface area (Å²) in [6.07, 6.45) is 0.792. The van der Waals surface area contributed by atoms with Crippen molar-refractivity contribution in [3.8, 4) is 11.5 Å². The zero-order chi connectivity index (χ0) is 17.5. The number of carbonyl (C=O) groups excluding carboxylic acids is 1. The number of hydrogen-bond donors (Lipinski definition) is 1. The number of carbonyl (C=O) groups is 1. The highest BCUT2D eigenvalue weighted by Crippen LogP contribution is 2.22. The third kappa shape index (κ3) is 5.10. The largest absolute Gasteiger partial charge is 0.457 e. The Balaban J connectivity index is 2.00. The number of hydrogen-bond acceptors (Lipinski definition) is 3. The predicted molar refractivity (Wildman–Crippen MR) is 97.3 cm³/mol. The van der Waals surface area contributed by atoms with Crippen LogP contribution in [0.15, 0.2) is 54.6 Å². The Morgan fingerprint density at radius 1 is 1.08 bits per heavy atom. The van der Waals surface area contributed by atoms with Crippen LogP contribution in [-0.4, -0.2) is 30.4 Å². The molecule has 0 spiro atoms. The first-order valence-electron chi connectivity index (χ1n) is 8.31. The third-order valence-corrected chi connectivity index (χ3v) is 4.06. The Hall–Kier alpha value is -2.33. The van der Waals surface area contributed by atoms with Crippen LogP contribution in [0.3, 0.4) is 0 Å². The van der Waals surface area contributed by atoms with E-state index >= 15 is 0 Å². The number of amides is 1. The van der Waals surface area contributed by atoms with Crippen LogP contribution in [0.4, 0.5) is 0 Å². The molecule has 4 nitrogen and oxygen atoms in total. The summed E-state index contributed by atoms with van der Waals surface area (Å²) in [4.78, 5) is 14.3. The quantitative estimate of drug-likeness (QED) is 0.839. The van der Waals surface area contributed by atoms with Crippen LogP contribution in [-0.2, 0) is 0 Å². The molecule has 0 radical (unpaired) electrons. The van der Waals surface area contributed by atoms with Gasteiger partial charge in [-0.15, -0.1) is 0 Å². The van der Waals surface area contributed by atoms with E-state index in [1.54, 1.807) is 24.1 Å². The molecule has 0 aliphatic rings. The van der Waals surface area contributed by atoms with Gasteiger partial charge in [-0.25, -0.2) is 0 Å². The summed E-state index contributed by atoms with van der Waals surface area (Å²) in [5.74, 6) is 1.79. The van der Waals surface area contributed by atoms with Crippen molar-refractivity contribution in [2.24, 2.45) is 11.7 Å². The van der Waals surface area contributed by atoms with Gasteiger partial charge < -0.3 is 15.4 Å². The van der Waals surface area contributed by atoms with Gasteiger partial charge >= 0.3 is 0 Å². The minimum absolute atomic E-state index is 0.0236. The van der Waals surface area contributed by atoms with Crippen molar-refractivity contribution in [1.82, 2.24) is 4.90 Å². The van der Waals surface area contributed by atoms with Crippen LogP contribution >= 0.6 is 0 Å². The molecule has 2 rings (SSSR count). The monoisotopic (exact) mass is 326 g/mol. The van der Waals surface area contributed by atoms with Crippen LogP contribution in [0, 0.1) is 5.92 Å². The van der Waals surface area contributed by atoms with Gasteiger partial charge in [0.05, 0.1) is 0 Å².